The first-order valence-corrected chi connectivity index (χ1v) is 6.03. The summed E-state index contributed by atoms with van der Waals surface area (Å²) in [7, 11) is 0. The molecule has 0 spiro atoms. The molecule has 2 heterocycles. The molecule has 0 aliphatic carbocycles. The van der Waals surface area contributed by atoms with E-state index >= 15 is 0 Å². The number of carbonyl (C=O) groups excluding carboxylic acids is 1. The van der Waals surface area contributed by atoms with Gasteiger partial charge in [-0.3, -0.25) is 4.79 Å². The van der Waals surface area contributed by atoms with Crippen LogP contribution in [0.2, 0.25) is 0 Å². The molecule has 2 N–H and O–H groups in total. The van der Waals surface area contributed by atoms with E-state index in [-0.39, 0.29) is 12.6 Å². The van der Waals surface area contributed by atoms with Crippen molar-refractivity contribution in [2.45, 2.75) is 19.8 Å². The zero-order valence-corrected chi connectivity index (χ0v) is 10.6. The van der Waals surface area contributed by atoms with Crippen molar-refractivity contribution >= 4 is 12.0 Å². The summed E-state index contributed by atoms with van der Waals surface area (Å²) in [6.07, 6.45) is 2.18. The molecule has 1 aromatic rings. The third-order valence-corrected chi connectivity index (χ3v) is 3.31. The number of nitrogens with zero attached hydrogens (tertiary/aromatic N) is 3. The van der Waals surface area contributed by atoms with Crippen LogP contribution in [-0.2, 0) is 11.2 Å². The number of carbonyl (C=O) groups is 2. The number of amides is 2. The Hall–Kier alpha value is -2.12. The molecule has 8 nitrogen and oxygen atoms in total. The molecule has 1 atom stereocenters. The van der Waals surface area contributed by atoms with E-state index in [2.05, 4.69) is 20.0 Å². The van der Waals surface area contributed by atoms with Gasteiger partial charge in [-0.1, -0.05) is 5.16 Å². The number of aromatic nitrogens is 2. The molecule has 8 heteroatoms. The van der Waals surface area contributed by atoms with E-state index in [4.69, 9.17) is 5.11 Å². The van der Waals surface area contributed by atoms with Crippen LogP contribution in [0.15, 0.2) is 10.9 Å². The maximum absolute atomic E-state index is 11.8. The van der Waals surface area contributed by atoms with Crippen molar-refractivity contribution in [3.05, 3.63) is 12.2 Å². The van der Waals surface area contributed by atoms with E-state index in [0.717, 1.165) is 0 Å². The zero-order valence-electron chi connectivity index (χ0n) is 10.6. The Morgan fingerprint density at radius 1 is 1.63 bits per heavy atom. The summed E-state index contributed by atoms with van der Waals surface area (Å²) in [6, 6.07) is -0.256. The van der Waals surface area contributed by atoms with Crippen LogP contribution >= 0.6 is 0 Å². The van der Waals surface area contributed by atoms with Crippen molar-refractivity contribution in [3.63, 3.8) is 0 Å². The average Bonchev–Trinajstić information content (AvgIpc) is 2.99. The van der Waals surface area contributed by atoms with E-state index in [1.54, 1.807) is 6.92 Å². The van der Waals surface area contributed by atoms with Crippen LogP contribution in [-0.4, -0.2) is 51.8 Å². The summed E-state index contributed by atoms with van der Waals surface area (Å²) in [5.41, 5.74) is -0.842. The number of rotatable bonds is 4. The molecule has 1 aliphatic heterocycles. The second-order valence-corrected chi connectivity index (χ2v) is 4.87. The fourth-order valence-corrected chi connectivity index (χ4v) is 2.00. The van der Waals surface area contributed by atoms with Crippen molar-refractivity contribution in [2.75, 3.05) is 19.6 Å². The average molecular weight is 268 g/mol. The van der Waals surface area contributed by atoms with Gasteiger partial charge in [0, 0.05) is 26.1 Å². The first-order valence-electron chi connectivity index (χ1n) is 6.03. The van der Waals surface area contributed by atoms with Crippen LogP contribution in [0.25, 0.3) is 0 Å². The van der Waals surface area contributed by atoms with E-state index in [1.165, 1.54) is 11.3 Å². The molecule has 1 aliphatic rings. The van der Waals surface area contributed by atoms with Gasteiger partial charge in [0.05, 0.1) is 5.41 Å². The molecule has 1 fully saturated rings. The number of urea groups is 1. The highest BCUT2D eigenvalue weighted by atomic mass is 16.5. The second kappa shape index (κ2) is 5.25. The summed E-state index contributed by atoms with van der Waals surface area (Å²) in [5, 5.41) is 15.4. The van der Waals surface area contributed by atoms with Crippen LogP contribution in [0, 0.1) is 5.41 Å². The number of carboxylic acids is 1. The van der Waals surface area contributed by atoms with Crippen LogP contribution < -0.4 is 5.32 Å². The van der Waals surface area contributed by atoms with Gasteiger partial charge in [0.25, 0.3) is 0 Å². The minimum absolute atomic E-state index is 0.233. The molecule has 2 amide bonds. The van der Waals surface area contributed by atoms with E-state index in [0.29, 0.717) is 31.8 Å². The van der Waals surface area contributed by atoms with Gasteiger partial charge in [-0.2, -0.15) is 4.98 Å². The number of likely N-dealkylation sites (tertiary alicyclic amines) is 1. The zero-order chi connectivity index (χ0) is 13.9. The fourth-order valence-electron chi connectivity index (χ4n) is 2.00. The van der Waals surface area contributed by atoms with E-state index in [9.17, 15) is 9.59 Å². The molecule has 0 radical (unpaired) electrons. The number of nitrogens with one attached hydrogen (secondary N) is 1. The standard InChI is InChI=1S/C11H16N4O4/c1-11(9(16)17)3-5-15(6-11)10(18)12-4-2-8-13-7-19-14-8/h7H,2-6H2,1H3,(H,12,18)(H,16,17). The molecule has 1 unspecified atom stereocenters. The summed E-state index contributed by atoms with van der Waals surface area (Å²) in [6.45, 7) is 2.73. The molecule has 0 saturated carbocycles. The van der Waals surface area contributed by atoms with E-state index in [1.807, 2.05) is 0 Å². The predicted molar refractivity (Wildman–Crippen MR) is 63.3 cm³/mol. The summed E-state index contributed by atoms with van der Waals surface area (Å²) < 4.78 is 4.58. The van der Waals surface area contributed by atoms with Crippen molar-refractivity contribution in [3.8, 4) is 0 Å². The van der Waals surface area contributed by atoms with Crippen LogP contribution in [0.1, 0.15) is 19.2 Å². The Labute approximate surface area is 109 Å². The lowest BCUT2D eigenvalue weighted by Gasteiger charge is -2.20. The van der Waals surface area contributed by atoms with Gasteiger partial charge in [-0.25, -0.2) is 4.79 Å². The maximum Gasteiger partial charge on any atom is 0.317 e. The number of hydrogen-bond donors (Lipinski definition) is 2. The Morgan fingerprint density at radius 2 is 2.42 bits per heavy atom. The summed E-state index contributed by atoms with van der Waals surface area (Å²) in [5.74, 6) is -0.341. The van der Waals surface area contributed by atoms with Crippen LogP contribution in [0.5, 0.6) is 0 Å². The molecule has 1 aromatic heterocycles. The lowest BCUT2D eigenvalue weighted by Crippen LogP contribution is -2.41. The SMILES string of the molecule is CC1(C(=O)O)CCN(C(=O)NCCc2ncon2)C1. The van der Waals surface area contributed by atoms with Gasteiger partial charge in [0.1, 0.15) is 0 Å². The lowest BCUT2D eigenvalue weighted by molar-refractivity contribution is -0.146. The lowest BCUT2D eigenvalue weighted by atomic mass is 9.90. The molecule has 2 rings (SSSR count). The molecular formula is C11H16N4O4. The molecule has 19 heavy (non-hydrogen) atoms. The smallest absolute Gasteiger partial charge is 0.317 e. The molecule has 104 valence electrons. The van der Waals surface area contributed by atoms with Crippen molar-refractivity contribution in [2.24, 2.45) is 5.41 Å². The molecule has 0 bridgehead atoms. The highest BCUT2D eigenvalue weighted by Crippen LogP contribution is 2.29. The Morgan fingerprint density at radius 3 is 3.00 bits per heavy atom. The highest BCUT2D eigenvalue weighted by Gasteiger charge is 2.42. The Balaban J connectivity index is 1.77. The quantitative estimate of drug-likeness (QED) is 0.802. The predicted octanol–water partition coefficient (Wildman–Crippen LogP) is 0.118. The first-order chi connectivity index (χ1) is 9.01. The molecular weight excluding hydrogens is 252 g/mol. The van der Waals surface area contributed by atoms with Gasteiger partial charge in [-0.05, 0) is 13.3 Å². The Kier molecular flexibility index (Phi) is 3.68. The van der Waals surface area contributed by atoms with Gasteiger partial charge in [-0.15, -0.1) is 0 Å². The first kappa shape index (κ1) is 13.3. The minimum Gasteiger partial charge on any atom is -0.481 e. The number of carboxylic acid groups (broad SMARTS) is 1. The minimum atomic E-state index is -0.866. The maximum atomic E-state index is 11.8. The largest absolute Gasteiger partial charge is 0.481 e. The third-order valence-electron chi connectivity index (χ3n) is 3.31. The highest BCUT2D eigenvalue weighted by molar-refractivity contribution is 5.79. The van der Waals surface area contributed by atoms with Gasteiger partial charge in [0.15, 0.2) is 5.82 Å². The molecule has 0 aromatic carbocycles. The van der Waals surface area contributed by atoms with Crippen molar-refractivity contribution in [1.82, 2.24) is 20.4 Å². The number of aliphatic carboxylic acids is 1. The normalized spacial score (nSPS) is 22.5. The van der Waals surface area contributed by atoms with Crippen LogP contribution in [0.4, 0.5) is 4.79 Å². The van der Waals surface area contributed by atoms with Crippen LogP contribution in [0.3, 0.4) is 0 Å². The monoisotopic (exact) mass is 268 g/mol. The topological polar surface area (TPSA) is 109 Å². The van der Waals surface area contributed by atoms with Crippen molar-refractivity contribution in [1.29, 1.82) is 0 Å². The second-order valence-electron chi connectivity index (χ2n) is 4.87. The Bertz CT molecular complexity index is 461. The van der Waals surface area contributed by atoms with Gasteiger partial charge >= 0.3 is 12.0 Å². The number of hydrogen-bond acceptors (Lipinski definition) is 5. The van der Waals surface area contributed by atoms with Gasteiger partial charge in [0.2, 0.25) is 6.39 Å². The molecule has 1 saturated heterocycles. The third kappa shape index (κ3) is 3.01. The fraction of sp³-hybridized carbons (Fsp3) is 0.636. The van der Waals surface area contributed by atoms with Gasteiger partial charge < -0.3 is 19.8 Å². The summed E-state index contributed by atoms with van der Waals surface area (Å²) in [4.78, 5) is 28.3. The summed E-state index contributed by atoms with van der Waals surface area (Å²) >= 11 is 0. The van der Waals surface area contributed by atoms with Crippen molar-refractivity contribution < 1.29 is 19.2 Å². The van der Waals surface area contributed by atoms with E-state index < -0.39 is 11.4 Å².